The minimum Gasteiger partial charge on any atom is -0.463 e. The van der Waals surface area contributed by atoms with Crippen LogP contribution in [0.1, 0.15) is 29.2 Å². The molecule has 2 heterocycles. The maximum atomic E-state index is 12.3. The van der Waals surface area contributed by atoms with Crippen LogP contribution in [0, 0.1) is 5.92 Å². The number of methoxy groups -OCH3 is 1. The van der Waals surface area contributed by atoms with Gasteiger partial charge in [0.2, 0.25) is 5.76 Å². The van der Waals surface area contributed by atoms with Gasteiger partial charge in [-0.1, -0.05) is 18.2 Å². The number of esters is 2. The zero-order chi connectivity index (χ0) is 19.9. The fourth-order valence-corrected chi connectivity index (χ4v) is 2.97. The number of anilines is 1. The maximum absolute atomic E-state index is 12.3. The zero-order valence-electron chi connectivity index (χ0n) is 15.6. The molecule has 3 rings (SSSR count). The summed E-state index contributed by atoms with van der Waals surface area (Å²) in [6, 6.07) is 12.1. The van der Waals surface area contributed by atoms with E-state index in [9.17, 15) is 14.4 Å². The molecule has 0 unspecified atom stereocenters. The van der Waals surface area contributed by atoms with Gasteiger partial charge in [-0.2, -0.15) is 0 Å². The Bertz CT molecular complexity index is 824. The van der Waals surface area contributed by atoms with E-state index in [1.165, 1.54) is 13.2 Å². The summed E-state index contributed by atoms with van der Waals surface area (Å²) >= 11 is 0. The second-order valence-corrected chi connectivity index (χ2v) is 6.42. The Morgan fingerprint density at radius 2 is 1.82 bits per heavy atom. The summed E-state index contributed by atoms with van der Waals surface area (Å²) in [5, 5.41) is 2.84. The van der Waals surface area contributed by atoms with Crippen molar-refractivity contribution in [3.8, 4) is 0 Å². The number of hydrogen-bond donors (Lipinski definition) is 1. The second kappa shape index (κ2) is 9.07. The van der Waals surface area contributed by atoms with E-state index < -0.39 is 5.97 Å². The van der Waals surface area contributed by atoms with Crippen LogP contribution in [-0.4, -0.2) is 43.1 Å². The summed E-state index contributed by atoms with van der Waals surface area (Å²) in [6.45, 7) is 0.905. The number of amides is 2. The van der Waals surface area contributed by atoms with Crippen LogP contribution in [0.25, 0.3) is 0 Å². The highest BCUT2D eigenvalue weighted by molar-refractivity contribution is 5.89. The first-order valence-corrected chi connectivity index (χ1v) is 9.01. The lowest BCUT2D eigenvalue weighted by atomic mass is 9.97. The van der Waals surface area contributed by atoms with Gasteiger partial charge >= 0.3 is 18.0 Å². The van der Waals surface area contributed by atoms with Gasteiger partial charge < -0.3 is 24.1 Å². The third kappa shape index (κ3) is 4.91. The van der Waals surface area contributed by atoms with Crippen molar-refractivity contribution in [2.24, 2.45) is 5.92 Å². The van der Waals surface area contributed by atoms with Crippen molar-refractivity contribution in [1.29, 1.82) is 0 Å². The largest absolute Gasteiger partial charge is 0.463 e. The van der Waals surface area contributed by atoms with E-state index in [1.807, 2.05) is 30.3 Å². The van der Waals surface area contributed by atoms with Crippen LogP contribution < -0.4 is 5.32 Å². The molecular weight excluding hydrogens is 364 g/mol. The monoisotopic (exact) mass is 386 g/mol. The number of carbonyl (C=O) groups is 3. The molecule has 2 amide bonds. The Morgan fingerprint density at radius 3 is 2.50 bits per heavy atom. The number of piperidine rings is 1. The molecule has 1 aromatic carbocycles. The number of ether oxygens (including phenoxy) is 2. The van der Waals surface area contributed by atoms with Crippen molar-refractivity contribution in [3.05, 3.63) is 54.0 Å². The lowest BCUT2D eigenvalue weighted by molar-refractivity contribution is -0.151. The van der Waals surface area contributed by atoms with Crippen LogP contribution in [0.15, 0.2) is 46.9 Å². The van der Waals surface area contributed by atoms with Gasteiger partial charge in [0.25, 0.3) is 0 Å². The van der Waals surface area contributed by atoms with Crippen LogP contribution >= 0.6 is 0 Å². The average molecular weight is 386 g/mol. The third-order valence-corrected chi connectivity index (χ3v) is 4.55. The Balaban J connectivity index is 1.43. The first-order valence-electron chi connectivity index (χ1n) is 9.01. The highest BCUT2D eigenvalue weighted by atomic mass is 16.6. The quantitative estimate of drug-likeness (QED) is 0.793. The Morgan fingerprint density at radius 1 is 1.11 bits per heavy atom. The first-order chi connectivity index (χ1) is 13.6. The summed E-state index contributed by atoms with van der Waals surface area (Å²) in [7, 11) is 1.26. The van der Waals surface area contributed by atoms with Crippen LogP contribution in [0.3, 0.4) is 0 Å². The van der Waals surface area contributed by atoms with Gasteiger partial charge in [0.1, 0.15) is 12.4 Å². The van der Waals surface area contributed by atoms with Gasteiger partial charge in [0.15, 0.2) is 0 Å². The standard InChI is InChI=1S/C20H22N2O6/c1-26-19(24)17-8-7-16(28-17)13-27-18(23)14-9-11-22(12-10-14)20(25)21-15-5-3-2-4-6-15/h2-8,14H,9-13H2,1H3,(H,21,25). The lowest BCUT2D eigenvalue weighted by Crippen LogP contribution is -2.42. The molecule has 0 aliphatic carbocycles. The Kier molecular flexibility index (Phi) is 6.31. The Hall–Kier alpha value is -3.29. The molecule has 0 saturated carbocycles. The maximum Gasteiger partial charge on any atom is 0.373 e. The molecule has 8 heteroatoms. The molecule has 28 heavy (non-hydrogen) atoms. The van der Waals surface area contributed by atoms with Crippen molar-refractivity contribution in [2.45, 2.75) is 19.4 Å². The fraction of sp³-hybridized carbons (Fsp3) is 0.350. The smallest absolute Gasteiger partial charge is 0.373 e. The molecule has 0 atom stereocenters. The predicted octanol–water partition coefficient (Wildman–Crippen LogP) is 3.05. The molecule has 1 fully saturated rings. The third-order valence-electron chi connectivity index (χ3n) is 4.55. The number of para-hydroxylation sites is 1. The summed E-state index contributed by atoms with van der Waals surface area (Å²) < 4.78 is 15.1. The second-order valence-electron chi connectivity index (χ2n) is 6.42. The molecule has 148 valence electrons. The topological polar surface area (TPSA) is 98.1 Å². The summed E-state index contributed by atoms with van der Waals surface area (Å²) in [6.07, 6.45) is 1.07. The predicted molar refractivity (Wildman–Crippen MR) is 99.6 cm³/mol. The van der Waals surface area contributed by atoms with Gasteiger partial charge in [0.05, 0.1) is 13.0 Å². The number of nitrogens with zero attached hydrogens (tertiary/aromatic N) is 1. The number of hydrogen-bond acceptors (Lipinski definition) is 6. The SMILES string of the molecule is COC(=O)c1ccc(COC(=O)C2CCN(C(=O)Nc3ccccc3)CC2)o1. The molecular formula is C20H22N2O6. The molecule has 0 radical (unpaired) electrons. The van der Waals surface area contributed by atoms with Crippen molar-refractivity contribution in [1.82, 2.24) is 4.90 Å². The molecule has 0 bridgehead atoms. The van der Waals surface area contributed by atoms with Gasteiger partial charge in [-0.25, -0.2) is 9.59 Å². The van der Waals surface area contributed by atoms with Crippen LogP contribution in [0.5, 0.6) is 0 Å². The number of nitrogens with one attached hydrogen (secondary N) is 1. The highest BCUT2D eigenvalue weighted by Gasteiger charge is 2.28. The molecule has 1 saturated heterocycles. The van der Waals surface area contributed by atoms with Gasteiger partial charge in [-0.15, -0.1) is 0 Å². The number of carbonyl (C=O) groups excluding carboxylic acids is 3. The first kappa shape index (κ1) is 19.5. The van der Waals surface area contributed by atoms with E-state index in [1.54, 1.807) is 11.0 Å². The van der Waals surface area contributed by atoms with Crippen molar-refractivity contribution in [3.63, 3.8) is 0 Å². The number of urea groups is 1. The van der Waals surface area contributed by atoms with Gasteiger partial charge in [0, 0.05) is 18.8 Å². The summed E-state index contributed by atoms with van der Waals surface area (Å²) in [5.74, 6) is -0.756. The van der Waals surface area contributed by atoms with E-state index in [0.29, 0.717) is 31.7 Å². The number of rotatable bonds is 5. The number of benzene rings is 1. The molecule has 1 aliphatic rings. The van der Waals surface area contributed by atoms with E-state index in [4.69, 9.17) is 9.15 Å². The number of furan rings is 1. The van der Waals surface area contributed by atoms with E-state index in [-0.39, 0.29) is 30.3 Å². The highest BCUT2D eigenvalue weighted by Crippen LogP contribution is 2.21. The minimum absolute atomic E-state index is 0.0511. The van der Waals surface area contributed by atoms with Gasteiger partial charge in [-0.3, -0.25) is 4.79 Å². The normalized spacial score (nSPS) is 14.4. The number of likely N-dealkylation sites (tertiary alicyclic amines) is 1. The average Bonchev–Trinajstić information content (AvgIpc) is 3.21. The molecule has 0 spiro atoms. The van der Waals surface area contributed by atoms with E-state index >= 15 is 0 Å². The van der Waals surface area contributed by atoms with Gasteiger partial charge in [-0.05, 0) is 37.1 Å². The molecule has 1 aliphatic heterocycles. The van der Waals surface area contributed by atoms with Crippen LogP contribution in [-0.2, 0) is 20.9 Å². The minimum atomic E-state index is -0.585. The molecule has 8 nitrogen and oxygen atoms in total. The lowest BCUT2D eigenvalue weighted by Gasteiger charge is -2.30. The summed E-state index contributed by atoms with van der Waals surface area (Å²) in [5.41, 5.74) is 0.735. The molecule has 2 aromatic rings. The summed E-state index contributed by atoms with van der Waals surface area (Å²) in [4.78, 5) is 37.6. The Labute approximate surface area is 162 Å². The molecule has 1 N–H and O–H groups in total. The van der Waals surface area contributed by atoms with Crippen LogP contribution in [0.2, 0.25) is 0 Å². The van der Waals surface area contributed by atoms with Crippen LogP contribution in [0.4, 0.5) is 10.5 Å². The van der Waals surface area contributed by atoms with Crippen molar-refractivity contribution in [2.75, 3.05) is 25.5 Å². The molecule has 1 aromatic heterocycles. The van der Waals surface area contributed by atoms with E-state index in [0.717, 1.165) is 5.69 Å². The zero-order valence-corrected chi connectivity index (χ0v) is 15.6. The van der Waals surface area contributed by atoms with Crippen molar-refractivity contribution < 1.29 is 28.3 Å². The van der Waals surface area contributed by atoms with E-state index in [2.05, 4.69) is 10.1 Å². The fourth-order valence-electron chi connectivity index (χ4n) is 2.97. The van der Waals surface area contributed by atoms with Crippen molar-refractivity contribution >= 4 is 23.7 Å².